The molecule has 1 amide bonds. The molecule has 1 aromatic rings. The van der Waals surface area contributed by atoms with E-state index in [1.165, 1.54) is 11.8 Å². The molecule has 0 aliphatic carbocycles. The Kier molecular flexibility index (Phi) is 7.17. The first-order valence-corrected chi connectivity index (χ1v) is 10.2. The lowest BCUT2D eigenvalue weighted by Crippen LogP contribution is -2.42. The van der Waals surface area contributed by atoms with Crippen molar-refractivity contribution in [1.29, 1.82) is 0 Å². The molecule has 28 heavy (non-hydrogen) atoms. The van der Waals surface area contributed by atoms with Crippen LogP contribution in [0.4, 0.5) is 0 Å². The van der Waals surface area contributed by atoms with E-state index in [1.807, 2.05) is 6.07 Å². The molecule has 0 saturated carbocycles. The van der Waals surface area contributed by atoms with Crippen LogP contribution in [0.1, 0.15) is 5.56 Å². The fourth-order valence-electron chi connectivity index (χ4n) is 3.14. The van der Waals surface area contributed by atoms with Gasteiger partial charge in [-0.15, -0.1) is 0 Å². The number of benzene rings is 1. The molecule has 1 aromatic carbocycles. The summed E-state index contributed by atoms with van der Waals surface area (Å²) in [5, 5.41) is 0. The maximum atomic E-state index is 12.9. The quantitative estimate of drug-likeness (QED) is 0.488. The molecular weight excluding hydrogens is 400 g/mol. The summed E-state index contributed by atoms with van der Waals surface area (Å²) in [4.78, 5) is 17.4. The predicted octanol–water partition coefficient (Wildman–Crippen LogP) is 2.25. The monoisotopic (exact) mass is 424 g/mol. The van der Waals surface area contributed by atoms with Gasteiger partial charge < -0.3 is 18.9 Å². The van der Waals surface area contributed by atoms with Crippen molar-refractivity contribution in [2.24, 2.45) is 0 Å². The second-order valence-electron chi connectivity index (χ2n) is 6.21. The van der Waals surface area contributed by atoms with Crippen LogP contribution < -0.4 is 14.2 Å². The Bertz CT molecular complexity index is 778. The summed E-state index contributed by atoms with van der Waals surface area (Å²) in [6.07, 6.45) is 1.79. The molecule has 0 spiro atoms. The molecule has 9 heteroatoms. The Morgan fingerprint density at radius 3 is 2.46 bits per heavy atom. The van der Waals surface area contributed by atoms with E-state index in [1.54, 1.807) is 38.4 Å². The van der Waals surface area contributed by atoms with Crippen LogP contribution in [0.3, 0.4) is 0 Å². The molecule has 0 aromatic heterocycles. The number of amides is 1. The molecule has 2 fully saturated rings. The highest BCUT2D eigenvalue weighted by Crippen LogP contribution is 2.42. The molecule has 152 valence electrons. The number of thiocarbonyl (C=S) groups is 1. The van der Waals surface area contributed by atoms with Crippen LogP contribution in [-0.2, 0) is 9.53 Å². The van der Waals surface area contributed by atoms with Crippen LogP contribution in [0.5, 0.6) is 17.2 Å². The molecule has 2 saturated heterocycles. The highest BCUT2D eigenvalue weighted by molar-refractivity contribution is 8.26. The lowest BCUT2D eigenvalue weighted by molar-refractivity contribution is -0.122. The van der Waals surface area contributed by atoms with Gasteiger partial charge >= 0.3 is 0 Å². The number of morpholine rings is 1. The number of rotatable bonds is 7. The zero-order valence-corrected chi connectivity index (χ0v) is 17.9. The maximum Gasteiger partial charge on any atom is 0.266 e. The van der Waals surface area contributed by atoms with Crippen molar-refractivity contribution in [3.05, 3.63) is 22.6 Å². The summed E-state index contributed by atoms with van der Waals surface area (Å²) in [6, 6.07) is 3.62. The smallest absolute Gasteiger partial charge is 0.266 e. The van der Waals surface area contributed by atoms with Crippen molar-refractivity contribution in [3.63, 3.8) is 0 Å². The van der Waals surface area contributed by atoms with E-state index in [4.69, 9.17) is 31.2 Å². The number of carbonyl (C=O) groups excluding carboxylic acids is 1. The minimum atomic E-state index is -0.0832. The second kappa shape index (κ2) is 9.60. The summed E-state index contributed by atoms with van der Waals surface area (Å²) < 4.78 is 22.2. The number of carbonyl (C=O) groups is 1. The molecule has 2 heterocycles. The van der Waals surface area contributed by atoms with Gasteiger partial charge in [-0.1, -0.05) is 24.0 Å². The van der Waals surface area contributed by atoms with Crippen molar-refractivity contribution in [2.45, 2.75) is 0 Å². The minimum Gasteiger partial charge on any atom is -0.493 e. The van der Waals surface area contributed by atoms with E-state index in [0.717, 1.165) is 38.4 Å². The third-order valence-electron chi connectivity index (χ3n) is 4.64. The lowest BCUT2D eigenvalue weighted by Gasteiger charge is -2.28. The normalized spacial score (nSPS) is 19.4. The van der Waals surface area contributed by atoms with Gasteiger partial charge in [-0.3, -0.25) is 14.6 Å². The fraction of sp³-hybridized carbons (Fsp3) is 0.474. The molecule has 0 radical (unpaired) electrons. The standard InChI is InChI=1S/C19H24N2O5S2/c1-23-14-5-4-13(16(24-2)17(14)25-3)12-15-18(22)21(19(27)28-15)7-6-20-8-10-26-11-9-20/h4-5,12H,6-11H2,1-3H3/b15-12-. The van der Waals surface area contributed by atoms with Gasteiger partial charge in [0.25, 0.3) is 5.91 Å². The second-order valence-corrected chi connectivity index (χ2v) is 7.89. The summed E-state index contributed by atoms with van der Waals surface area (Å²) in [5.74, 6) is 1.48. The van der Waals surface area contributed by atoms with Gasteiger partial charge in [0.05, 0.1) is 39.4 Å². The molecule has 2 aliphatic heterocycles. The average Bonchev–Trinajstić information content (AvgIpc) is 2.99. The van der Waals surface area contributed by atoms with Gasteiger partial charge in [0.15, 0.2) is 11.5 Å². The zero-order valence-electron chi connectivity index (χ0n) is 16.2. The van der Waals surface area contributed by atoms with E-state index < -0.39 is 0 Å². The van der Waals surface area contributed by atoms with Crippen LogP contribution >= 0.6 is 24.0 Å². The highest BCUT2D eigenvalue weighted by Gasteiger charge is 2.32. The zero-order chi connectivity index (χ0) is 20.1. The van der Waals surface area contributed by atoms with Crippen molar-refractivity contribution in [3.8, 4) is 17.2 Å². The largest absolute Gasteiger partial charge is 0.493 e. The van der Waals surface area contributed by atoms with Gasteiger partial charge in [-0.2, -0.15) is 0 Å². The van der Waals surface area contributed by atoms with Gasteiger partial charge in [0.1, 0.15) is 4.32 Å². The Hall–Kier alpha value is -1.81. The molecule has 0 bridgehead atoms. The van der Waals surface area contributed by atoms with Crippen molar-refractivity contribution in [1.82, 2.24) is 9.80 Å². The summed E-state index contributed by atoms with van der Waals surface area (Å²) in [7, 11) is 4.67. The van der Waals surface area contributed by atoms with E-state index in [0.29, 0.717) is 33.0 Å². The lowest BCUT2D eigenvalue weighted by atomic mass is 10.1. The molecule has 0 unspecified atom stereocenters. The molecule has 0 N–H and O–H groups in total. The first-order valence-electron chi connectivity index (χ1n) is 8.93. The van der Waals surface area contributed by atoms with E-state index >= 15 is 0 Å². The highest BCUT2D eigenvalue weighted by atomic mass is 32.2. The van der Waals surface area contributed by atoms with Crippen LogP contribution in [0.15, 0.2) is 17.0 Å². The number of thioether (sulfide) groups is 1. The Morgan fingerprint density at radius 1 is 1.11 bits per heavy atom. The summed E-state index contributed by atoms with van der Waals surface area (Å²) in [5.41, 5.74) is 0.730. The Morgan fingerprint density at radius 2 is 1.82 bits per heavy atom. The van der Waals surface area contributed by atoms with Crippen molar-refractivity contribution >= 4 is 40.3 Å². The van der Waals surface area contributed by atoms with Gasteiger partial charge in [-0.05, 0) is 18.2 Å². The third-order valence-corrected chi connectivity index (χ3v) is 6.02. The first-order chi connectivity index (χ1) is 13.6. The van der Waals surface area contributed by atoms with Gasteiger partial charge in [-0.25, -0.2) is 0 Å². The van der Waals surface area contributed by atoms with Gasteiger partial charge in [0, 0.05) is 31.7 Å². The van der Waals surface area contributed by atoms with E-state index in [2.05, 4.69) is 4.90 Å². The maximum absolute atomic E-state index is 12.9. The van der Waals surface area contributed by atoms with E-state index in [-0.39, 0.29) is 5.91 Å². The summed E-state index contributed by atoms with van der Waals surface area (Å²) >= 11 is 6.74. The van der Waals surface area contributed by atoms with Gasteiger partial charge in [0.2, 0.25) is 5.75 Å². The minimum absolute atomic E-state index is 0.0832. The Labute approximate surface area is 174 Å². The Balaban J connectivity index is 1.77. The predicted molar refractivity (Wildman–Crippen MR) is 113 cm³/mol. The van der Waals surface area contributed by atoms with Crippen LogP contribution in [0.2, 0.25) is 0 Å². The van der Waals surface area contributed by atoms with Crippen molar-refractivity contribution < 1.29 is 23.7 Å². The molecule has 2 aliphatic rings. The number of hydrogen-bond acceptors (Lipinski definition) is 8. The third kappa shape index (κ3) is 4.43. The number of nitrogens with zero attached hydrogens (tertiary/aromatic N) is 2. The van der Waals surface area contributed by atoms with E-state index in [9.17, 15) is 4.79 Å². The number of hydrogen-bond donors (Lipinski definition) is 0. The molecule has 3 rings (SSSR count). The fourth-order valence-corrected chi connectivity index (χ4v) is 4.44. The average molecular weight is 425 g/mol. The molecule has 7 nitrogen and oxygen atoms in total. The first kappa shape index (κ1) is 20.9. The molecular formula is C19H24N2O5S2. The SMILES string of the molecule is COc1ccc(/C=C2\SC(=S)N(CCN3CCOCC3)C2=O)c(OC)c1OC. The van der Waals surface area contributed by atoms with Crippen molar-refractivity contribution in [2.75, 3.05) is 60.7 Å². The summed E-state index contributed by atoms with van der Waals surface area (Å²) in [6.45, 7) is 4.59. The van der Waals surface area contributed by atoms with Crippen LogP contribution in [0.25, 0.3) is 6.08 Å². The molecule has 0 atom stereocenters. The van der Waals surface area contributed by atoms with Crippen LogP contribution in [0, 0.1) is 0 Å². The number of methoxy groups -OCH3 is 3. The number of ether oxygens (including phenoxy) is 4. The van der Waals surface area contributed by atoms with Crippen LogP contribution in [-0.4, -0.2) is 80.7 Å². The topological polar surface area (TPSA) is 60.5 Å².